The minimum Gasteiger partial charge on any atom is -0.480 e. The van der Waals surface area contributed by atoms with Gasteiger partial charge < -0.3 is 14.8 Å². The van der Waals surface area contributed by atoms with E-state index in [4.69, 9.17) is 9.52 Å². The molecule has 2 N–H and O–H groups in total. The topological polar surface area (TPSA) is 62.5 Å². The van der Waals surface area contributed by atoms with Crippen molar-refractivity contribution in [3.63, 3.8) is 0 Å². The largest absolute Gasteiger partial charge is 0.480 e. The Morgan fingerprint density at radius 2 is 2.58 bits per heavy atom. The average Bonchev–Trinajstić information content (AvgIpc) is 2.51. The Morgan fingerprint density at radius 3 is 3.00 bits per heavy atom. The molecule has 0 spiro atoms. The number of carboxylic acid groups (broad SMARTS) is 1. The van der Waals surface area contributed by atoms with Gasteiger partial charge in [-0.25, -0.2) is 0 Å². The lowest BCUT2D eigenvalue weighted by molar-refractivity contribution is -0.139. The quantitative estimate of drug-likeness (QED) is 0.688. The molecule has 0 aromatic carbocycles. The van der Waals surface area contributed by atoms with Gasteiger partial charge in [-0.3, -0.25) is 4.79 Å². The van der Waals surface area contributed by atoms with Crippen molar-refractivity contribution >= 4 is 5.97 Å². The van der Waals surface area contributed by atoms with E-state index in [9.17, 15) is 4.79 Å². The van der Waals surface area contributed by atoms with Crippen molar-refractivity contribution in [1.29, 1.82) is 0 Å². The van der Waals surface area contributed by atoms with Crippen molar-refractivity contribution in [2.75, 3.05) is 7.05 Å². The van der Waals surface area contributed by atoms with Crippen molar-refractivity contribution in [3.05, 3.63) is 24.2 Å². The summed E-state index contributed by atoms with van der Waals surface area (Å²) < 4.78 is 5.01. The molecule has 0 unspecified atom stereocenters. The van der Waals surface area contributed by atoms with Gasteiger partial charge in [0.15, 0.2) is 0 Å². The van der Waals surface area contributed by atoms with E-state index in [1.54, 1.807) is 19.2 Å². The van der Waals surface area contributed by atoms with E-state index in [1.807, 2.05) is 0 Å². The highest BCUT2D eigenvalue weighted by Gasteiger charge is 2.16. The van der Waals surface area contributed by atoms with Crippen LogP contribution in [0.5, 0.6) is 0 Å². The molecule has 1 atom stereocenters. The lowest BCUT2D eigenvalue weighted by Gasteiger charge is -2.07. The molecule has 66 valence electrons. The van der Waals surface area contributed by atoms with Crippen LogP contribution in [-0.4, -0.2) is 24.2 Å². The lowest BCUT2D eigenvalue weighted by atomic mass is 10.2. The first-order valence-electron chi connectivity index (χ1n) is 3.66. The van der Waals surface area contributed by atoms with Crippen LogP contribution >= 0.6 is 0 Å². The Kier molecular flexibility index (Phi) is 2.88. The van der Waals surface area contributed by atoms with Crippen molar-refractivity contribution in [2.24, 2.45) is 0 Å². The first-order valence-corrected chi connectivity index (χ1v) is 3.66. The summed E-state index contributed by atoms with van der Waals surface area (Å²) in [6.07, 6.45) is 1.91. The summed E-state index contributed by atoms with van der Waals surface area (Å²) in [5, 5.41) is 11.3. The molecule has 0 fully saturated rings. The Morgan fingerprint density at radius 1 is 1.83 bits per heavy atom. The van der Waals surface area contributed by atoms with Gasteiger partial charge >= 0.3 is 5.97 Å². The molecular formula is C8H11NO3. The molecule has 0 saturated heterocycles. The molecule has 1 rings (SSSR count). The number of likely N-dealkylation sites (N-methyl/N-ethyl adjacent to an activating group) is 1. The second kappa shape index (κ2) is 3.92. The molecule has 0 saturated carbocycles. The number of carboxylic acids is 1. The normalized spacial score (nSPS) is 12.8. The van der Waals surface area contributed by atoms with E-state index in [0.717, 1.165) is 0 Å². The van der Waals surface area contributed by atoms with E-state index >= 15 is 0 Å². The maximum Gasteiger partial charge on any atom is 0.321 e. The van der Waals surface area contributed by atoms with Crippen LogP contribution in [0.2, 0.25) is 0 Å². The predicted octanol–water partition coefficient (Wildman–Crippen LogP) is 0.495. The van der Waals surface area contributed by atoms with Gasteiger partial charge in [0.1, 0.15) is 11.8 Å². The minimum atomic E-state index is -0.867. The van der Waals surface area contributed by atoms with Crippen LogP contribution in [0.1, 0.15) is 5.76 Å². The number of furan rings is 1. The van der Waals surface area contributed by atoms with Gasteiger partial charge in [0.25, 0.3) is 0 Å². The summed E-state index contributed by atoms with van der Waals surface area (Å²) in [7, 11) is 1.61. The van der Waals surface area contributed by atoms with Crippen molar-refractivity contribution in [1.82, 2.24) is 5.32 Å². The van der Waals surface area contributed by atoms with Crippen LogP contribution < -0.4 is 5.32 Å². The van der Waals surface area contributed by atoms with E-state index in [2.05, 4.69) is 5.32 Å². The van der Waals surface area contributed by atoms with Gasteiger partial charge in [0.2, 0.25) is 0 Å². The van der Waals surface area contributed by atoms with Gasteiger partial charge in [0, 0.05) is 6.42 Å². The molecule has 4 heteroatoms. The summed E-state index contributed by atoms with van der Waals surface area (Å²) in [6.45, 7) is 0. The van der Waals surface area contributed by atoms with E-state index in [1.165, 1.54) is 6.26 Å². The van der Waals surface area contributed by atoms with Crippen molar-refractivity contribution < 1.29 is 14.3 Å². The zero-order valence-corrected chi connectivity index (χ0v) is 6.78. The molecule has 1 aromatic rings. The van der Waals surface area contributed by atoms with Gasteiger partial charge in [-0.1, -0.05) is 0 Å². The number of aliphatic carboxylic acids is 1. The first kappa shape index (κ1) is 8.80. The van der Waals surface area contributed by atoms with Crippen molar-refractivity contribution in [3.8, 4) is 0 Å². The number of hydrogen-bond acceptors (Lipinski definition) is 3. The third kappa shape index (κ3) is 2.10. The van der Waals surface area contributed by atoms with Gasteiger partial charge in [-0.05, 0) is 19.2 Å². The number of carbonyl (C=O) groups is 1. The highest BCUT2D eigenvalue weighted by Crippen LogP contribution is 2.03. The third-order valence-electron chi connectivity index (χ3n) is 1.63. The highest BCUT2D eigenvalue weighted by atomic mass is 16.4. The van der Waals surface area contributed by atoms with Crippen LogP contribution in [-0.2, 0) is 11.2 Å². The average molecular weight is 169 g/mol. The number of nitrogens with one attached hydrogen (secondary N) is 1. The summed E-state index contributed by atoms with van der Waals surface area (Å²) in [5.41, 5.74) is 0. The molecule has 1 heterocycles. The van der Waals surface area contributed by atoms with Crippen LogP contribution in [0, 0.1) is 0 Å². The van der Waals surface area contributed by atoms with Gasteiger partial charge in [0.05, 0.1) is 6.26 Å². The smallest absolute Gasteiger partial charge is 0.321 e. The minimum absolute atomic E-state index is 0.374. The van der Waals surface area contributed by atoms with E-state index in [0.29, 0.717) is 12.2 Å². The molecule has 0 bridgehead atoms. The summed E-state index contributed by atoms with van der Waals surface area (Å²) in [4.78, 5) is 10.6. The van der Waals surface area contributed by atoms with E-state index < -0.39 is 12.0 Å². The zero-order valence-electron chi connectivity index (χ0n) is 6.78. The van der Waals surface area contributed by atoms with E-state index in [-0.39, 0.29) is 0 Å². The SMILES string of the molecule is CN[C@H](Cc1ccco1)C(=O)O. The molecule has 1 aromatic heterocycles. The fraction of sp³-hybridized carbons (Fsp3) is 0.375. The monoisotopic (exact) mass is 169 g/mol. The Balaban J connectivity index is 2.54. The van der Waals surface area contributed by atoms with Gasteiger partial charge in [-0.15, -0.1) is 0 Å². The summed E-state index contributed by atoms with van der Waals surface area (Å²) in [5.74, 6) is -0.189. The second-order valence-electron chi connectivity index (χ2n) is 2.46. The maximum absolute atomic E-state index is 10.6. The fourth-order valence-electron chi connectivity index (χ4n) is 0.943. The zero-order chi connectivity index (χ0) is 8.97. The Hall–Kier alpha value is -1.29. The molecule has 0 amide bonds. The molecule has 12 heavy (non-hydrogen) atoms. The Labute approximate surface area is 70.2 Å². The molecule has 0 aliphatic heterocycles. The molecule has 0 radical (unpaired) electrons. The standard InChI is InChI=1S/C8H11NO3/c1-9-7(8(10)11)5-6-3-2-4-12-6/h2-4,7,9H,5H2,1H3,(H,10,11)/t7-/m1/s1. The summed E-state index contributed by atoms with van der Waals surface area (Å²) >= 11 is 0. The number of hydrogen-bond donors (Lipinski definition) is 2. The van der Waals surface area contributed by atoms with Crippen LogP contribution in [0.15, 0.2) is 22.8 Å². The van der Waals surface area contributed by atoms with Crippen molar-refractivity contribution in [2.45, 2.75) is 12.5 Å². The fourth-order valence-corrected chi connectivity index (χ4v) is 0.943. The lowest BCUT2D eigenvalue weighted by Crippen LogP contribution is -2.35. The first-order chi connectivity index (χ1) is 5.74. The maximum atomic E-state index is 10.6. The second-order valence-corrected chi connectivity index (χ2v) is 2.46. The van der Waals surface area contributed by atoms with Crippen LogP contribution in [0.25, 0.3) is 0 Å². The predicted molar refractivity (Wildman–Crippen MR) is 42.9 cm³/mol. The van der Waals surface area contributed by atoms with Crippen LogP contribution in [0.4, 0.5) is 0 Å². The molecular weight excluding hydrogens is 158 g/mol. The highest BCUT2D eigenvalue weighted by molar-refractivity contribution is 5.73. The van der Waals surface area contributed by atoms with Crippen LogP contribution in [0.3, 0.4) is 0 Å². The molecule has 4 nitrogen and oxygen atoms in total. The Bertz CT molecular complexity index is 243. The third-order valence-corrected chi connectivity index (χ3v) is 1.63. The molecule has 0 aliphatic rings. The molecule has 0 aliphatic carbocycles. The van der Waals surface area contributed by atoms with Gasteiger partial charge in [-0.2, -0.15) is 0 Å². The summed E-state index contributed by atoms with van der Waals surface area (Å²) in [6, 6.07) is 2.92. The number of rotatable bonds is 4.